The maximum Gasteiger partial charge on any atom is 0.326 e. The van der Waals surface area contributed by atoms with Crippen LogP contribution in [0.15, 0.2) is 12.2 Å². The van der Waals surface area contributed by atoms with E-state index in [0.29, 0.717) is 0 Å². The lowest BCUT2D eigenvalue weighted by molar-refractivity contribution is -0.154. The molecule has 0 aromatic heterocycles. The molecule has 3 rings (SSSR count). The van der Waals surface area contributed by atoms with Crippen LogP contribution in [0.3, 0.4) is 0 Å². The van der Waals surface area contributed by atoms with Crippen molar-refractivity contribution in [2.45, 2.75) is 19.4 Å². The molecule has 5 atom stereocenters. The number of allylic oxidation sites excluding steroid dienone is 2. The van der Waals surface area contributed by atoms with Gasteiger partial charge in [0, 0.05) is 0 Å². The molecule has 90 valence electrons. The average Bonchev–Trinajstić information content (AvgIpc) is 2.92. The Morgan fingerprint density at radius 2 is 1.76 bits per heavy atom. The van der Waals surface area contributed by atoms with E-state index in [1.54, 1.807) is 0 Å². The molecule has 0 aromatic carbocycles. The highest BCUT2D eigenvalue weighted by atomic mass is 16.4. The smallest absolute Gasteiger partial charge is 0.326 e. The molecule has 1 aliphatic heterocycles. The Hall–Kier alpha value is -1.65. The Balaban J connectivity index is 1.95. The van der Waals surface area contributed by atoms with Gasteiger partial charge in [-0.05, 0) is 25.2 Å². The lowest BCUT2D eigenvalue weighted by atomic mass is 9.85. The third-order valence-corrected chi connectivity index (χ3v) is 4.25. The number of carboxylic acids is 1. The molecular weight excluding hydrogens is 222 g/mol. The molecule has 2 fully saturated rings. The second-order valence-electron chi connectivity index (χ2n) is 5.06. The minimum absolute atomic E-state index is 0.132. The number of amides is 2. The van der Waals surface area contributed by atoms with Gasteiger partial charge in [-0.25, -0.2) is 4.79 Å². The lowest BCUT2D eigenvalue weighted by Crippen LogP contribution is -2.44. The van der Waals surface area contributed by atoms with Crippen LogP contribution in [0.1, 0.15) is 13.3 Å². The summed E-state index contributed by atoms with van der Waals surface area (Å²) in [6.45, 7) is 1.38. The maximum absolute atomic E-state index is 12.1. The van der Waals surface area contributed by atoms with Crippen LogP contribution in [-0.4, -0.2) is 33.8 Å². The molecule has 5 nitrogen and oxygen atoms in total. The van der Waals surface area contributed by atoms with Crippen LogP contribution in [-0.2, 0) is 14.4 Å². The molecule has 1 saturated heterocycles. The van der Waals surface area contributed by atoms with Crippen molar-refractivity contribution in [3.63, 3.8) is 0 Å². The van der Waals surface area contributed by atoms with E-state index in [9.17, 15) is 14.4 Å². The third kappa shape index (κ3) is 1.16. The normalized spacial score (nSPS) is 39.9. The first kappa shape index (κ1) is 10.5. The number of nitrogens with zero attached hydrogens (tertiary/aromatic N) is 1. The number of carbonyl (C=O) groups excluding carboxylic acids is 2. The fraction of sp³-hybridized carbons (Fsp3) is 0.583. The Morgan fingerprint density at radius 3 is 2.18 bits per heavy atom. The van der Waals surface area contributed by atoms with Crippen molar-refractivity contribution in [2.75, 3.05) is 0 Å². The fourth-order valence-corrected chi connectivity index (χ4v) is 3.42. The first-order valence-electron chi connectivity index (χ1n) is 5.80. The largest absolute Gasteiger partial charge is 0.480 e. The minimum Gasteiger partial charge on any atom is -0.480 e. The van der Waals surface area contributed by atoms with Crippen LogP contribution < -0.4 is 0 Å². The summed E-state index contributed by atoms with van der Waals surface area (Å²) >= 11 is 0. The van der Waals surface area contributed by atoms with E-state index in [1.807, 2.05) is 12.2 Å². The summed E-state index contributed by atoms with van der Waals surface area (Å²) in [4.78, 5) is 36.1. The Bertz CT molecular complexity index is 425. The maximum atomic E-state index is 12.1. The van der Waals surface area contributed by atoms with Crippen molar-refractivity contribution in [3.05, 3.63) is 12.2 Å². The van der Waals surface area contributed by atoms with Gasteiger partial charge >= 0.3 is 5.97 Å². The van der Waals surface area contributed by atoms with Crippen molar-refractivity contribution < 1.29 is 19.5 Å². The number of rotatable bonds is 2. The second kappa shape index (κ2) is 3.18. The predicted molar refractivity (Wildman–Crippen MR) is 56.7 cm³/mol. The molecule has 2 bridgehead atoms. The molecule has 3 aliphatic rings. The van der Waals surface area contributed by atoms with E-state index < -0.39 is 12.0 Å². The van der Waals surface area contributed by atoms with Gasteiger partial charge in [-0.1, -0.05) is 12.2 Å². The minimum atomic E-state index is -1.13. The monoisotopic (exact) mass is 235 g/mol. The summed E-state index contributed by atoms with van der Waals surface area (Å²) in [5.41, 5.74) is 0. The number of fused-ring (bicyclic) bond motifs is 5. The molecule has 1 saturated carbocycles. The molecule has 0 spiro atoms. The van der Waals surface area contributed by atoms with Gasteiger partial charge in [0.05, 0.1) is 11.8 Å². The van der Waals surface area contributed by atoms with E-state index >= 15 is 0 Å². The number of hydrogen-bond donors (Lipinski definition) is 1. The van der Waals surface area contributed by atoms with Crippen LogP contribution in [0.4, 0.5) is 0 Å². The molecule has 1 N–H and O–H groups in total. The number of hydrogen-bond acceptors (Lipinski definition) is 3. The summed E-state index contributed by atoms with van der Waals surface area (Å²) in [7, 11) is 0. The zero-order valence-electron chi connectivity index (χ0n) is 9.37. The fourth-order valence-electron chi connectivity index (χ4n) is 3.42. The number of likely N-dealkylation sites (tertiary alicyclic amines) is 1. The zero-order valence-corrected chi connectivity index (χ0v) is 9.37. The number of carbonyl (C=O) groups is 3. The topological polar surface area (TPSA) is 74.7 Å². The first-order valence-corrected chi connectivity index (χ1v) is 5.80. The van der Waals surface area contributed by atoms with E-state index in [-0.39, 0.29) is 35.5 Å². The first-order chi connectivity index (χ1) is 8.02. The molecule has 0 radical (unpaired) electrons. The Kier molecular flexibility index (Phi) is 1.97. The summed E-state index contributed by atoms with van der Waals surface area (Å²) in [6.07, 6.45) is 4.85. The van der Waals surface area contributed by atoms with Crippen molar-refractivity contribution >= 4 is 17.8 Å². The average molecular weight is 235 g/mol. The van der Waals surface area contributed by atoms with Crippen LogP contribution >= 0.6 is 0 Å². The van der Waals surface area contributed by atoms with Crippen LogP contribution in [0.2, 0.25) is 0 Å². The van der Waals surface area contributed by atoms with Gasteiger partial charge in [0.1, 0.15) is 6.04 Å². The van der Waals surface area contributed by atoms with Crippen molar-refractivity contribution in [1.82, 2.24) is 4.90 Å². The molecule has 2 aliphatic carbocycles. The summed E-state index contributed by atoms with van der Waals surface area (Å²) in [5.74, 6) is -2.08. The van der Waals surface area contributed by atoms with E-state index in [1.165, 1.54) is 6.92 Å². The van der Waals surface area contributed by atoms with Gasteiger partial charge in [0.25, 0.3) is 0 Å². The van der Waals surface area contributed by atoms with Crippen LogP contribution in [0.5, 0.6) is 0 Å². The summed E-state index contributed by atoms with van der Waals surface area (Å²) < 4.78 is 0. The van der Waals surface area contributed by atoms with Crippen molar-refractivity contribution in [3.8, 4) is 0 Å². The highest BCUT2D eigenvalue weighted by Gasteiger charge is 2.60. The van der Waals surface area contributed by atoms with E-state index in [4.69, 9.17) is 5.11 Å². The van der Waals surface area contributed by atoms with Crippen molar-refractivity contribution in [1.29, 1.82) is 0 Å². The number of aliphatic carboxylic acids is 1. The Morgan fingerprint density at radius 1 is 1.29 bits per heavy atom. The quantitative estimate of drug-likeness (QED) is 0.550. The standard InChI is InChI=1S/C12H13NO4/c1-5(12(16)17)13-10(14)8-6-2-3-7(4-6)9(8)11(13)15/h2-3,5-9H,4H2,1H3,(H,16,17)/t5-,6+,7+,8-,9+/m1/s1. The lowest BCUT2D eigenvalue weighted by Gasteiger charge is -2.20. The zero-order chi connectivity index (χ0) is 12.3. The Labute approximate surface area is 98.1 Å². The van der Waals surface area contributed by atoms with Gasteiger partial charge in [-0.2, -0.15) is 0 Å². The highest BCUT2D eigenvalue weighted by molar-refractivity contribution is 6.08. The molecule has 17 heavy (non-hydrogen) atoms. The predicted octanol–water partition coefficient (Wildman–Crippen LogP) is 0.267. The van der Waals surface area contributed by atoms with Gasteiger partial charge in [-0.3, -0.25) is 14.5 Å². The van der Waals surface area contributed by atoms with Crippen LogP contribution in [0.25, 0.3) is 0 Å². The molecule has 2 amide bonds. The van der Waals surface area contributed by atoms with Crippen molar-refractivity contribution in [2.24, 2.45) is 23.7 Å². The summed E-state index contributed by atoms with van der Waals surface area (Å²) in [6, 6.07) is -1.06. The molecule has 0 aromatic rings. The SMILES string of the molecule is C[C@H](C(=O)O)N1C(=O)[C@@H]2[C@H](C1=O)[C@H]1C=C[C@H]2C1. The van der Waals surface area contributed by atoms with Gasteiger partial charge in [0.2, 0.25) is 11.8 Å². The van der Waals surface area contributed by atoms with E-state index in [0.717, 1.165) is 11.3 Å². The van der Waals surface area contributed by atoms with E-state index in [2.05, 4.69) is 0 Å². The molecule has 1 heterocycles. The van der Waals surface area contributed by atoms with Gasteiger partial charge in [0.15, 0.2) is 0 Å². The number of imide groups is 1. The van der Waals surface area contributed by atoms with Gasteiger partial charge < -0.3 is 5.11 Å². The second-order valence-corrected chi connectivity index (χ2v) is 5.06. The molecule has 0 unspecified atom stereocenters. The number of carboxylic acid groups (broad SMARTS) is 1. The highest BCUT2D eigenvalue weighted by Crippen LogP contribution is 2.52. The van der Waals surface area contributed by atoms with Gasteiger partial charge in [-0.15, -0.1) is 0 Å². The van der Waals surface area contributed by atoms with Crippen LogP contribution in [0, 0.1) is 23.7 Å². The summed E-state index contributed by atoms with van der Waals surface area (Å²) in [5, 5.41) is 8.93. The molecule has 5 heteroatoms. The third-order valence-electron chi connectivity index (χ3n) is 4.25. The molecular formula is C12H13NO4.